The number of hydrogen-bond donors (Lipinski definition) is 0. The summed E-state index contributed by atoms with van der Waals surface area (Å²) in [5.41, 5.74) is 1.22. The van der Waals surface area contributed by atoms with Gasteiger partial charge in [-0.15, -0.1) is 5.01 Å². The Kier molecular flexibility index (Phi) is 10.4. The van der Waals surface area contributed by atoms with E-state index < -0.39 is 11.8 Å². The molecule has 3 aromatic rings. The zero-order valence-electron chi connectivity index (χ0n) is 22.3. The molecule has 1 aliphatic heterocycles. The van der Waals surface area contributed by atoms with Crippen molar-refractivity contribution in [3.05, 3.63) is 78.0 Å². The monoisotopic (exact) mass is 581 g/mol. The van der Waals surface area contributed by atoms with Gasteiger partial charge >= 0.3 is 5.88 Å². The van der Waals surface area contributed by atoms with Crippen LogP contribution >= 0.6 is 23.5 Å². The number of aromatic nitrogens is 2. The highest BCUT2D eigenvalue weighted by Crippen LogP contribution is 2.19. The van der Waals surface area contributed by atoms with E-state index in [1.54, 1.807) is 48.2 Å². The van der Waals surface area contributed by atoms with E-state index in [1.807, 2.05) is 36.2 Å². The smallest absolute Gasteiger partial charge is 0.324 e. The first kappa shape index (κ1) is 29.3. The third kappa shape index (κ3) is 7.95. The molecule has 0 spiro atoms. The summed E-state index contributed by atoms with van der Waals surface area (Å²) in [7, 11) is 0. The number of hydrogen-bond acceptors (Lipinski definition) is 10. The molecule has 0 radical (unpaired) electrons. The van der Waals surface area contributed by atoms with Gasteiger partial charge in [0.25, 0.3) is 6.20 Å². The number of piperazine rings is 1. The Morgan fingerprint density at radius 3 is 1.98 bits per heavy atom. The van der Waals surface area contributed by atoms with Crippen molar-refractivity contribution >= 4 is 51.4 Å². The van der Waals surface area contributed by atoms with Crippen LogP contribution in [0.15, 0.2) is 76.4 Å². The molecule has 2 heterocycles. The Morgan fingerprint density at radius 1 is 0.900 bits per heavy atom. The van der Waals surface area contributed by atoms with Gasteiger partial charge in [0.15, 0.2) is 0 Å². The Labute approximate surface area is 241 Å². The number of aliphatic imine (C=N–C) groups is 1. The zero-order valence-corrected chi connectivity index (χ0v) is 24.0. The van der Waals surface area contributed by atoms with Crippen molar-refractivity contribution in [1.82, 2.24) is 10.2 Å². The predicted octanol–water partition coefficient (Wildman–Crippen LogP) is 2.55. The molecule has 0 aliphatic carbocycles. The maximum atomic E-state index is 12.9. The second kappa shape index (κ2) is 14.1. The lowest BCUT2D eigenvalue weighted by Gasteiger charge is -2.31. The molecule has 1 amide bonds. The van der Waals surface area contributed by atoms with Gasteiger partial charge in [-0.3, -0.25) is 18.9 Å². The van der Waals surface area contributed by atoms with Crippen LogP contribution < -0.4 is 14.9 Å². The van der Waals surface area contributed by atoms with Crippen molar-refractivity contribution in [2.24, 2.45) is 16.8 Å². The molecule has 1 saturated heterocycles. The van der Waals surface area contributed by atoms with E-state index in [4.69, 9.17) is 4.52 Å². The van der Waals surface area contributed by atoms with Crippen LogP contribution in [-0.2, 0) is 4.79 Å². The Balaban J connectivity index is 1.22. The number of carbonyl (C=O) groups excluding carboxylic acids is 3. The van der Waals surface area contributed by atoms with Crippen LogP contribution in [0.1, 0.15) is 34.6 Å². The normalized spacial score (nSPS) is 15.5. The molecule has 0 N–H and O–H groups in total. The van der Waals surface area contributed by atoms with Gasteiger partial charge in [0, 0.05) is 41.6 Å². The Bertz CT molecular complexity index is 1330. The van der Waals surface area contributed by atoms with Crippen molar-refractivity contribution < 1.29 is 28.8 Å². The van der Waals surface area contributed by atoms with Crippen LogP contribution in [-0.4, -0.2) is 69.9 Å². The molecule has 1 aliphatic rings. The molecule has 210 valence electrons. The summed E-state index contributed by atoms with van der Waals surface area (Å²) in [4.78, 5) is 44.8. The Hall–Kier alpha value is -3.64. The molecule has 0 unspecified atom stereocenters. The van der Waals surface area contributed by atoms with Gasteiger partial charge < -0.3 is 10.0 Å². The number of rotatable bonds is 10. The van der Waals surface area contributed by atoms with Crippen LogP contribution in [0.25, 0.3) is 0 Å². The minimum atomic E-state index is -0.478. The minimum absolute atomic E-state index is 0.0112. The minimum Gasteiger partial charge on any atom is -0.861 e. The topological polar surface area (TPSA) is 123 Å². The number of nitrogens with zero attached hydrogens (tertiary/aromatic N) is 5. The fraction of sp³-hybridized carbons (Fsp3) is 0.357. The molecule has 2 atom stereocenters. The van der Waals surface area contributed by atoms with Crippen LogP contribution in [0.2, 0.25) is 0 Å². The molecule has 0 saturated carbocycles. The van der Waals surface area contributed by atoms with Gasteiger partial charge in [0.05, 0.1) is 17.9 Å². The van der Waals surface area contributed by atoms with Crippen molar-refractivity contribution in [3.63, 3.8) is 0 Å². The Morgan fingerprint density at radius 2 is 1.43 bits per heavy atom. The van der Waals surface area contributed by atoms with Crippen LogP contribution in [0, 0.1) is 11.8 Å². The first-order valence-corrected chi connectivity index (χ1v) is 14.9. The largest absolute Gasteiger partial charge is 0.861 e. The average molecular weight is 582 g/mol. The second-order valence-electron chi connectivity index (χ2n) is 9.42. The summed E-state index contributed by atoms with van der Waals surface area (Å²) in [6.07, 6.45) is 1.53. The van der Waals surface area contributed by atoms with Gasteiger partial charge in [-0.05, 0) is 11.8 Å². The molecule has 2 aromatic carbocycles. The van der Waals surface area contributed by atoms with E-state index in [0.29, 0.717) is 48.8 Å². The van der Waals surface area contributed by atoms with Crippen molar-refractivity contribution in [3.8, 4) is 0 Å². The highest BCUT2D eigenvalue weighted by atomic mass is 32.2. The van der Waals surface area contributed by atoms with Crippen molar-refractivity contribution in [2.75, 3.05) is 42.7 Å². The number of benzene rings is 2. The molecule has 4 rings (SSSR count). The van der Waals surface area contributed by atoms with Gasteiger partial charge in [0.2, 0.25) is 21.4 Å². The van der Waals surface area contributed by atoms with E-state index in [9.17, 15) is 19.5 Å². The lowest BCUT2D eigenvalue weighted by molar-refractivity contribution is -0.759. The fourth-order valence-electron chi connectivity index (χ4n) is 3.92. The first-order chi connectivity index (χ1) is 19.3. The third-order valence-electron chi connectivity index (χ3n) is 6.31. The summed E-state index contributed by atoms with van der Waals surface area (Å²) in [5.74, 6) is -0.360. The lowest BCUT2D eigenvalue weighted by atomic mass is 10.1. The highest BCUT2D eigenvalue weighted by Gasteiger charge is 2.30. The van der Waals surface area contributed by atoms with Gasteiger partial charge in [-0.1, -0.05) is 98.0 Å². The molecule has 0 bridgehead atoms. The maximum absolute atomic E-state index is 12.9. The van der Waals surface area contributed by atoms with Crippen molar-refractivity contribution in [2.45, 2.75) is 13.8 Å². The molecule has 10 nitrogen and oxygen atoms in total. The van der Waals surface area contributed by atoms with Gasteiger partial charge in [-0.2, -0.15) is 0 Å². The van der Waals surface area contributed by atoms with Crippen LogP contribution in [0.4, 0.5) is 5.88 Å². The lowest BCUT2D eigenvalue weighted by Crippen LogP contribution is -2.66. The van der Waals surface area contributed by atoms with Gasteiger partial charge in [-0.25, -0.2) is 4.99 Å². The van der Waals surface area contributed by atoms with Crippen LogP contribution in [0.3, 0.4) is 0 Å². The first-order valence-electron chi connectivity index (χ1n) is 12.9. The fourth-order valence-corrected chi connectivity index (χ4v) is 5.62. The number of amides is 1. The highest BCUT2D eigenvalue weighted by molar-refractivity contribution is 8.14. The average Bonchev–Trinajstić information content (AvgIpc) is 3.47. The SMILES string of the molecule is C[C@H](CSC(=O)c1ccccc1)C(=O)N1CCN([n+]2cc(N=C([O-])[C@H](C)CSC(=O)c3ccccc3)on2)CC1. The maximum Gasteiger partial charge on any atom is 0.324 e. The number of carbonyl (C=O) groups is 3. The summed E-state index contributed by atoms with van der Waals surface area (Å²) < 4.78 is 5.23. The molecule has 1 aromatic heterocycles. The number of thioether (sulfide) groups is 2. The van der Waals surface area contributed by atoms with E-state index in [2.05, 4.69) is 10.3 Å². The summed E-state index contributed by atoms with van der Waals surface area (Å²) in [6, 6.07) is 18.0. The van der Waals surface area contributed by atoms with Crippen molar-refractivity contribution in [1.29, 1.82) is 0 Å². The molecule has 12 heteroatoms. The summed E-state index contributed by atoms with van der Waals surface area (Å²) in [6.45, 7) is 5.59. The summed E-state index contributed by atoms with van der Waals surface area (Å²) in [5, 5.41) is 18.3. The molecule has 40 heavy (non-hydrogen) atoms. The molecular formula is C28H31N5O5S2. The van der Waals surface area contributed by atoms with Crippen LogP contribution in [0.5, 0.6) is 0 Å². The molecule has 1 fully saturated rings. The predicted molar refractivity (Wildman–Crippen MR) is 153 cm³/mol. The van der Waals surface area contributed by atoms with E-state index in [0.717, 1.165) is 23.5 Å². The summed E-state index contributed by atoms with van der Waals surface area (Å²) >= 11 is 2.24. The zero-order chi connectivity index (χ0) is 28.5. The standard InChI is InChI=1S/C28H31N5O5S2/c1-20(18-39-27(36)22-9-5-3-6-10-22)25(34)29-24-17-33(30-38-24)32-15-13-31(14-16-32)26(35)21(2)19-40-28(37)23-11-7-4-8-12-23/h3-12,17,20-21H,13-16,18-19H2,1-2H3/t20-,21-/m1/s1. The quantitative estimate of drug-likeness (QED) is 0.202. The second-order valence-corrected chi connectivity index (χ2v) is 11.4. The van der Waals surface area contributed by atoms with E-state index in [-0.39, 0.29) is 27.9 Å². The third-order valence-corrected chi connectivity index (χ3v) is 8.64. The van der Waals surface area contributed by atoms with E-state index in [1.165, 1.54) is 11.0 Å². The molecular weight excluding hydrogens is 550 g/mol. The van der Waals surface area contributed by atoms with E-state index >= 15 is 0 Å². The van der Waals surface area contributed by atoms with Gasteiger partial charge in [0.1, 0.15) is 0 Å².